The second-order valence-electron chi connectivity index (χ2n) is 3.97. The van der Waals surface area contributed by atoms with Crippen LogP contribution in [0.2, 0.25) is 0 Å². The van der Waals surface area contributed by atoms with Crippen molar-refractivity contribution < 1.29 is 9.53 Å². The van der Waals surface area contributed by atoms with Crippen LogP contribution in [0.5, 0.6) is 5.75 Å². The highest BCUT2D eigenvalue weighted by molar-refractivity contribution is 9.10. The maximum Gasteiger partial charge on any atom is 0.167 e. The predicted molar refractivity (Wildman–Crippen MR) is 71.9 cm³/mol. The summed E-state index contributed by atoms with van der Waals surface area (Å²) in [5.41, 5.74) is 1.57. The Balaban J connectivity index is 2.16. The van der Waals surface area contributed by atoms with Gasteiger partial charge in [0.2, 0.25) is 0 Å². The number of rotatable bonds is 4. The summed E-state index contributed by atoms with van der Waals surface area (Å²) in [6.07, 6.45) is 3.90. The van der Waals surface area contributed by atoms with Gasteiger partial charge in [0.25, 0.3) is 0 Å². The van der Waals surface area contributed by atoms with Crippen LogP contribution < -0.4 is 4.74 Å². The lowest BCUT2D eigenvalue weighted by Crippen LogP contribution is -2.03. The van der Waals surface area contributed by atoms with E-state index < -0.39 is 0 Å². The smallest absolute Gasteiger partial charge is 0.167 e. The molecular formula is C13H13BrN2O2. The monoisotopic (exact) mass is 308 g/mol. The highest BCUT2D eigenvalue weighted by atomic mass is 79.9. The topological polar surface area (TPSA) is 44.1 Å². The zero-order chi connectivity index (χ0) is 13.1. The van der Waals surface area contributed by atoms with Gasteiger partial charge in [0.15, 0.2) is 5.78 Å². The van der Waals surface area contributed by atoms with Crippen molar-refractivity contribution in [3.05, 3.63) is 46.2 Å². The van der Waals surface area contributed by atoms with E-state index in [2.05, 4.69) is 21.0 Å². The maximum atomic E-state index is 12.1. The van der Waals surface area contributed by atoms with Gasteiger partial charge in [-0.25, -0.2) is 0 Å². The van der Waals surface area contributed by atoms with E-state index in [0.717, 1.165) is 10.0 Å². The Morgan fingerprint density at radius 3 is 2.83 bits per heavy atom. The molecule has 0 N–H and O–H groups in total. The summed E-state index contributed by atoms with van der Waals surface area (Å²) in [4.78, 5) is 12.1. The summed E-state index contributed by atoms with van der Waals surface area (Å²) in [5, 5.41) is 4.04. The first-order valence-corrected chi connectivity index (χ1v) is 6.23. The molecule has 18 heavy (non-hydrogen) atoms. The number of carbonyl (C=O) groups is 1. The van der Waals surface area contributed by atoms with E-state index in [9.17, 15) is 4.79 Å². The second kappa shape index (κ2) is 5.35. The highest BCUT2D eigenvalue weighted by Crippen LogP contribution is 2.26. The molecule has 0 fully saturated rings. The molecule has 0 saturated carbocycles. The number of hydrogen-bond donors (Lipinski definition) is 0. The molecule has 0 unspecified atom stereocenters. The largest absolute Gasteiger partial charge is 0.496 e. The van der Waals surface area contributed by atoms with Crippen molar-refractivity contribution in [1.82, 2.24) is 9.78 Å². The first kappa shape index (κ1) is 12.8. The Labute approximate surface area is 114 Å². The number of ketones is 1. The molecule has 94 valence electrons. The lowest BCUT2D eigenvalue weighted by Gasteiger charge is -2.05. The number of halogens is 1. The van der Waals surface area contributed by atoms with Crippen molar-refractivity contribution in [2.45, 2.75) is 6.42 Å². The normalized spacial score (nSPS) is 10.4. The number of aromatic nitrogens is 2. The summed E-state index contributed by atoms with van der Waals surface area (Å²) in [5.74, 6) is 0.777. The molecule has 0 aliphatic heterocycles. The van der Waals surface area contributed by atoms with Crippen molar-refractivity contribution >= 4 is 21.7 Å². The molecule has 0 aliphatic rings. The minimum absolute atomic E-state index is 0.0614. The lowest BCUT2D eigenvalue weighted by molar-refractivity contribution is 0.0993. The molecule has 0 spiro atoms. The zero-order valence-corrected chi connectivity index (χ0v) is 11.8. The molecule has 4 nitrogen and oxygen atoms in total. The molecule has 2 rings (SSSR count). The SMILES string of the molecule is COc1ccc(C(=O)Cc2cnn(C)c2)cc1Br. The molecular weight excluding hydrogens is 296 g/mol. The van der Waals surface area contributed by atoms with E-state index in [-0.39, 0.29) is 5.78 Å². The Bertz CT molecular complexity index is 578. The van der Waals surface area contributed by atoms with Crippen LogP contribution in [0.4, 0.5) is 0 Å². The molecule has 0 saturated heterocycles. The predicted octanol–water partition coefficient (Wildman–Crippen LogP) is 2.62. The van der Waals surface area contributed by atoms with Crippen molar-refractivity contribution in [1.29, 1.82) is 0 Å². The number of methoxy groups -OCH3 is 1. The summed E-state index contributed by atoms with van der Waals surface area (Å²) in [7, 11) is 3.43. The van der Waals surface area contributed by atoms with Crippen LogP contribution in [0.15, 0.2) is 35.1 Å². The number of hydrogen-bond acceptors (Lipinski definition) is 3. The van der Waals surface area contributed by atoms with Crippen molar-refractivity contribution in [3.8, 4) is 5.75 Å². The summed E-state index contributed by atoms with van der Waals surface area (Å²) >= 11 is 3.37. The van der Waals surface area contributed by atoms with Gasteiger partial charge in [0.1, 0.15) is 5.75 Å². The number of benzene rings is 1. The van der Waals surface area contributed by atoms with E-state index in [4.69, 9.17) is 4.74 Å². The Morgan fingerprint density at radius 1 is 1.50 bits per heavy atom. The molecule has 0 atom stereocenters. The molecule has 1 aromatic carbocycles. The number of carbonyl (C=O) groups excluding carboxylic acids is 1. The third-order valence-electron chi connectivity index (χ3n) is 2.60. The van der Waals surface area contributed by atoms with E-state index in [0.29, 0.717) is 17.7 Å². The minimum atomic E-state index is 0.0614. The fourth-order valence-corrected chi connectivity index (χ4v) is 2.23. The first-order chi connectivity index (χ1) is 8.60. The molecule has 1 aromatic heterocycles. The third kappa shape index (κ3) is 2.79. The van der Waals surface area contributed by atoms with Crippen LogP contribution >= 0.6 is 15.9 Å². The fourth-order valence-electron chi connectivity index (χ4n) is 1.69. The first-order valence-electron chi connectivity index (χ1n) is 5.44. The zero-order valence-electron chi connectivity index (χ0n) is 10.2. The molecule has 2 aromatic rings. The van der Waals surface area contributed by atoms with E-state index in [1.54, 1.807) is 36.2 Å². The van der Waals surface area contributed by atoms with E-state index >= 15 is 0 Å². The Kier molecular flexibility index (Phi) is 3.81. The van der Waals surface area contributed by atoms with Gasteiger partial charge in [0, 0.05) is 25.2 Å². The van der Waals surface area contributed by atoms with Gasteiger partial charge in [-0.05, 0) is 39.7 Å². The van der Waals surface area contributed by atoms with Crippen LogP contribution in [0.1, 0.15) is 15.9 Å². The van der Waals surface area contributed by atoms with Crippen LogP contribution in [-0.2, 0) is 13.5 Å². The average molecular weight is 309 g/mol. The quantitative estimate of drug-likeness (QED) is 0.816. The minimum Gasteiger partial charge on any atom is -0.496 e. The average Bonchev–Trinajstić information content (AvgIpc) is 2.74. The fraction of sp³-hybridized carbons (Fsp3) is 0.231. The maximum absolute atomic E-state index is 12.1. The summed E-state index contributed by atoms with van der Waals surface area (Å²) < 4.78 is 7.60. The van der Waals surface area contributed by atoms with Gasteiger partial charge in [-0.3, -0.25) is 9.48 Å². The highest BCUT2D eigenvalue weighted by Gasteiger charge is 2.10. The lowest BCUT2D eigenvalue weighted by atomic mass is 10.1. The summed E-state index contributed by atoms with van der Waals surface area (Å²) in [6.45, 7) is 0. The number of Topliss-reactive ketones (excluding diaryl/α,β-unsaturated/α-hetero) is 1. The number of ether oxygens (including phenoxy) is 1. The molecule has 5 heteroatoms. The molecule has 0 amide bonds. The van der Waals surface area contributed by atoms with Crippen molar-refractivity contribution in [2.75, 3.05) is 7.11 Å². The van der Waals surface area contributed by atoms with E-state index in [1.165, 1.54) is 0 Å². The van der Waals surface area contributed by atoms with Crippen molar-refractivity contribution in [3.63, 3.8) is 0 Å². The van der Waals surface area contributed by atoms with Gasteiger partial charge in [-0.1, -0.05) is 0 Å². The number of nitrogens with zero attached hydrogens (tertiary/aromatic N) is 2. The van der Waals surface area contributed by atoms with Crippen LogP contribution in [-0.4, -0.2) is 22.7 Å². The summed E-state index contributed by atoms with van der Waals surface area (Å²) in [6, 6.07) is 5.32. The third-order valence-corrected chi connectivity index (χ3v) is 3.22. The molecule has 0 bridgehead atoms. The van der Waals surface area contributed by atoms with Gasteiger partial charge in [-0.2, -0.15) is 5.10 Å². The van der Waals surface area contributed by atoms with Gasteiger partial charge in [0.05, 0.1) is 17.8 Å². The molecule has 1 heterocycles. The molecule has 0 radical (unpaired) electrons. The van der Waals surface area contributed by atoms with Crippen LogP contribution in [0.25, 0.3) is 0 Å². The van der Waals surface area contributed by atoms with Crippen molar-refractivity contribution in [2.24, 2.45) is 7.05 Å². The van der Waals surface area contributed by atoms with Gasteiger partial charge in [-0.15, -0.1) is 0 Å². The van der Waals surface area contributed by atoms with Gasteiger partial charge >= 0.3 is 0 Å². The number of aryl methyl sites for hydroxylation is 1. The second-order valence-corrected chi connectivity index (χ2v) is 4.83. The van der Waals surface area contributed by atoms with E-state index in [1.807, 2.05) is 13.2 Å². The molecule has 0 aliphatic carbocycles. The van der Waals surface area contributed by atoms with Gasteiger partial charge < -0.3 is 4.74 Å². The Morgan fingerprint density at radius 2 is 2.28 bits per heavy atom. The van der Waals surface area contributed by atoms with Crippen LogP contribution in [0, 0.1) is 0 Å². The van der Waals surface area contributed by atoms with Crippen LogP contribution in [0.3, 0.4) is 0 Å². The standard InChI is InChI=1S/C13H13BrN2O2/c1-16-8-9(7-15-16)5-12(17)10-3-4-13(18-2)11(14)6-10/h3-4,6-8H,5H2,1-2H3. The Hall–Kier alpha value is -1.62.